The number of anilines is 1. The van der Waals surface area contributed by atoms with Gasteiger partial charge in [-0.05, 0) is 36.2 Å². The average molecular weight is 492 g/mol. The summed E-state index contributed by atoms with van der Waals surface area (Å²) in [5.41, 5.74) is 9.12. The number of benzene rings is 2. The van der Waals surface area contributed by atoms with E-state index >= 15 is 0 Å². The molecule has 184 valence electrons. The summed E-state index contributed by atoms with van der Waals surface area (Å²) < 4.78 is 21.7. The van der Waals surface area contributed by atoms with Crippen molar-refractivity contribution in [1.82, 2.24) is 15.4 Å². The maximum absolute atomic E-state index is 12.5. The first-order chi connectivity index (χ1) is 15.8. The monoisotopic (exact) mass is 491 g/mol. The van der Waals surface area contributed by atoms with E-state index in [-0.39, 0.29) is 24.2 Å². The lowest BCUT2D eigenvalue weighted by molar-refractivity contribution is -0.118. The van der Waals surface area contributed by atoms with Crippen LogP contribution in [0.5, 0.6) is 23.0 Å². The van der Waals surface area contributed by atoms with Crippen LogP contribution in [0.1, 0.15) is 13.8 Å². The van der Waals surface area contributed by atoms with Crippen LogP contribution in [0, 0.1) is 5.92 Å². The highest BCUT2D eigenvalue weighted by molar-refractivity contribution is 5.97. The molecule has 0 spiro atoms. The average Bonchev–Trinajstić information content (AvgIpc) is 3.32. The number of H-pyrrole nitrogens is 1. The molecule has 0 fully saturated rings. The molecule has 0 saturated heterocycles. The molecule has 0 bridgehead atoms. The van der Waals surface area contributed by atoms with E-state index in [1.807, 2.05) is 19.9 Å². The lowest BCUT2D eigenvalue weighted by Crippen LogP contribution is -2.39. The summed E-state index contributed by atoms with van der Waals surface area (Å²) in [7, 11) is 6.17. The van der Waals surface area contributed by atoms with Gasteiger partial charge in [-0.25, -0.2) is 0 Å². The van der Waals surface area contributed by atoms with Crippen LogP contribution < -0.4 is 30.0 Å². The number of nitrogens with two attached hydrogens (primary N) is 1. The number of nitrogens with zero attached hydrogens (tertiary/aromatic N) is 2. The highest BCUT2D eigenvalue weighted by atomic mass is 35.5. The summed E-state index contributed by atoms with van der Waals surface area (Å²) in [6.07, 6.45) is 0. The predicted octanol–water partition coefficient (Wildman–Crippen LogP) is 3.52. The second-order valence-electron chi connectivity index (χ2n) is 7.62. The van der Waals surface area contributed by atoms with Crippen LogP contribution in [0.2, 0.25) is 0 Å². The van der Waals surface area contributed by atoms with Crippen LogP contribution in [0.25, 0.3) is 22.5 Å². The van der Waals surface area contributed by atoms with Gasteiger partial charge in [0, 0.05) is 11.1 Å². The number of hydrogen-bond acceptors (Lipinski definition) is 8. The second-order valence-corrected chi connectivity index (χ2v) is 7.62. The minimum absolute atomic E-state index is 0. The molecule has 1 unspecified atom stereocenters. The fourth-order valence-corrected chi connectivity index (χ4v) is 3.33. The largest absolute Gasteiger partial charge is 0.495 e. The van der Waals surface area contributed by atoms with Gasteiger partial charge in [0.1, 0.15) is 11.4 Å². The SMILES string of the molecule is COc1ccc(-c2[nH]nnc2-c2cc(OC)c(OC)c(OC)c2)cc1NC(=O)C(N)C(C)C.Cl. The van der Waals surface area contributed by atoms with Crippen molar-refractivity contribution in [3.05, 3.63) is 30.3 Å². The lowest BCUT2D eigenvalue weighted by Gasteiger charge is -2.17. The molecular weight excluding hydrogens is 462 g/mol. The number of amides is 1. The molecule has 34 heavy (non-hydrogen) atoms. The van der Waals surface area contributed by atoms with Gasteiger partial charge < -0.3 is 30.0 Å². The number of carbonyl (C=O) groups is 1. The molecule has 11 heteroatoms. The van der Waals surface area contributed by atoms with Gasteiger partial charge in [0.15, 0.2) is 11.5 Å². The Bertz CT molecular complexity index is 1110. The van der Waals surface area contributed by atoms with Crippen molar-refractivity contribution in [3.63, 3.8) is 0 Å². The maximum Gasteiger partial charge on any atom is 0.241 e. The molecule has 4 N–H and O–H groups in total. The summed E-state index contributed by atoms with van der Waals surface area (Å²) in [6, 6.07) is 8.30. The van der Waals surface area contributed by atoms with Crippen molar-refractivity contribution in [2.75, 3.05) is 33.8 Å². The number of nitrogens with one attached hydrogen (secondary N) is 2. The van der Waals surface area contributed by atoms with E-state index in [9.17, 15) is 4.79 Å². The molecule has 1 atom stereocenters. The Hall–Kier alpha value is -3.50. The third-order valence-corrected chi connectivity index (χ3v) is 5.25. The molecule has 1 heterocycles. The normalized spacial score (nSPS) is 11.4. The van der Waals surface area contributed by atoms with Crippen molar-refractivity contribution in [2.45, 2.75) is 19.9 Å². The number of ether oxygens (including phenoxy) is 4. The molecule has 0 aliphatic carbocycles. The zero-order chi connectivity index (χ0) is 24.1. The number of methoxy groups -OCH3 is 4. The standard InChI is InChI=1S/C23H29N5O5.ClH/c1-12(2)19(24)23(29)25-15-9-13(7-8-16(15)30-3)20-21(27-28-26-20)14-10-17(31-4)22(33-6)18(11-14)32-5;/h7-12,19H,24H2,1-6H3,(H,25,29)(H,26,27,28);1H. The Kier molecular flexibility index (Phi) is 9.11. The van der Waals surface area contributed by atoms with Crippen molar-refractivity contribution in [1.29, 1.82) is 0 Å². The maximum atomic E-state index is 12.5. The van der Waals surface area contributed by atoms with E-state index in [2.05, 4.69) is 20.7 Å². The number of aromatic amines is 1. The van der Waals surface area contributed by atoms with E-state index in [1.165, 1.54) is 7.11 Å². The highest BCUT2D eigenvalue weighted by Gasteiger charge is 2.21. The summed E-state index contributed by atoms with van der Waals surface area (Å²) in [5.74, 6) is 1.66. The van der Waals surface area contributed by atoms with Gasteiger partial charge in [0.05, 0.1) is 45.9 Å². The van der Waals surface area contributed by atoms with Gasteiger partial charge in [0.25, 0.3) is 0 Å². The number of aromatic nitrogens is 3. The fourth-order valence-electron chi connectivity index (χ4n) is 3.33. The number of carbonyl (C=O) groups excluding carboxylic acids is 1. The van der Waals surface area contributed by atoms with Gasteiger partial charge >= 0.3 is 0 Å². The first-order valence-electron chi connectivity index (χ1n) is 10.3. The summed E-state index contributed by atoms with van der Waals surface area (Å²) >= 11 is 0. The predicted molar refractivity (Wildman–Crippen MR) is 132 cm³/mol. The van der Waals surface area contributed by atoms with Gasteiger partial charge in [-0.1, -0.05) is 19.1 Å². The molecule has 10 nitrogen and oxygen atoms in total. The van der Waals surface area contributed by atoms with Crippen LogP contribution in [-0.4, -0.2) is 55.8 Å². The van der Waals surface area contributed by atoms with Crippen molar-refractivity contribution >= 4 is 24.0 Å². The van der Waals surface area contributed by atoms with Crippen molar-refractivity contribution in [3.8, 4) is 45.5 Å². The van der Waals surface area contributed by atoms with Crippen LogP contribution >= 0.6 is 12.4 Å². The molecule has 0 aliphatic rings. The number of halogens is 1. The van der Waals surface area contributed by atoms with Crippen molar-refractivity contribution in [2.24, 2.45) is 11.7 Å². The number of rotatable bonds is 9. The quantitative estimate of drug-likeness (QED) is 0.414. The Balaban J connectivity index is 0.00000408. The molecule has 1 aromatic heterocycles. The third-order valence-electron chi connectivity index (χ3n) is 5.25. The minimum atomic E-state index is -0.651. The summed E-state index contributed by atoms with van der Waals surface area (Å²) in [5, 5.41) is 14.0. The van der Waals surface area contributed by atoms with E-state index in [0.29, 0.717) is 45.6 Å². The minimum Gasteiger partial charge on any atom is -0.495 e. The van der Waals surface area contributed by atoms with Crippen LogP contribution in [0.4, 0.5) is 5.69 Å². The highest BCUT2D eigenvalue weighted by Crippen LogP contribution is 2.42. The molecule has 0 saturated carbocycles. The number of hydrogen-bond donors (Lipinski definition) is 3. The molecule has 3 aromatic rings. The van der Waals surface area contributed by atoms with Crippen LogP contribution in [-0.2, 0) is 4.79 Å². The lowest BCUT2D eigenvalue weighted by atomic mass is 10.0. The first kappa shape index (κ1) is 26.7. The topological polar surface area (TPSA) is 134 Å². The molecule has 1 amide bonds. The van der Waals surface area contributed by atoms with Gasteiger partial charge in [-0.3, -0.25) is 9.89 Å². The summed E-state index contributed by atoms with van der Waals surface area (Å²) in [4.78, 5) is 12.5. The van der Waals surface area contributed by atoms with Gasteiger partial charge in [-0.2, -0.15) is 0 Å². The van der Waals surface area contributed by atoms with E-state index in [1.54, 1.807) is 45.6 Å². The first-order valence-corrected chi connectivity index (χ1v) is 10.3. The fraction of sp³-hybridized carbons (Fsp3) is 0.348. The smallest absolute Gasteiger partial charge is 0.241 e. The third kappa shape index (κ3) is 5.35. The van der Waals surface area contributed by atoms with E-state index in [4.69, 9.17) is 24.7 Å². The summed E-state index contributed by atoms with van der Waals surface area (Å²) in [6.45, 7) is 3.77. The Morgan fingerprint density at radius 3 is 2.09 bits per heavy atom. The van der Waals surface area contributed by atoms with Crippen LogP contribution in [0.3, 0.4) is 0 Å². The van der Waals surface area contributed by atoms with Gasteiger partial charge in [0.2, 0.25) is 11.7 Å². The zero-order valence-corrected chi connectivity index (χ0v) is 20.8. The molecule has 0 radical (unpaired) electrons. The van der Waals surface area contributed by atoms with Crippen molar-refractivity contribution < 1.29 is 23.7 Å². The Morgan fingerprint density at radius 2 is 1.56 bits per heavy atom. The Labute approximate surface area is 204 Å². The van der Waals surface area contributed by atoms with E-state index in [0.717, 1.165) is 5.56 Å². The molecular formula is C23H30ClN5O5. The molecule has 2 aromatic carbocycles. The second kappa shape index (κ2) is 11.6. The molecule has 3 rings (SSSR count). The Morgan fingerprint density at radius 1 is 0.941 bits per heavy atom. The van der Waals surface area contributed by atoms with Gasteiger partial charge in [-0.15, -0.1) is 17.5 Å². The molecule has 0 aliphatic heterocycles. The van der Waals surface area contributed by atoms with E-state index < -0.39 is 6.04 Å². The zero-order valence-electron chi connectivity index (χ0n) is 20.0. The van der Waals surface area contributed by atoms with Crippen LogP contribution in [0.15, 0.2) is 30.3 Å².